The molecule has 4 rings (SSSR count). The third-order valence-corrected chi connectivity index (χ3v) is 6.77. The van der Waals surface area contributed by atoms with Crippen molar-refractivity contribution in [3.8, 4) is 0 Å². The smallest absolute Gasteiger partial charge is 0.308 e. The highest BCUT2D eigenvalue weighted by molar-refractivity contribution is 7.20. The van der Waals surface area contributed by atoms with Crippen molar-refractivity contribution in [1.82, 2.24) is 14.7 Å². The zero-order valence-electron chi connectivity index (χ0n) is 16.4. The number of halogens is 1. The number of nitrogens with zero attached hydrogens (tertiary/aromatic N) is 3. The number of methoxy groups -OCH3 is 1. The van der Waals surface area contributed by atoms with Gasteiger partial charge in [-0.3, -0.25) is 14.3 Å². The van der Waals surface area contributed by atoms with Gasteiger partial charge in [0.2, 0.25) is 0 Å². The van der Waals surface area contributed by atoms with Crippen LogP contribution in [0.5, 0.6) is 0 Å². The average Bonchev–Trinajstić information content (AvgIpc) is 3.30. The van der Waals surface area contributed by atoms with Crippen molar-refractivity contribution >= 4 is 45.0 Å². The Hall–Kier alpha value is -2.38. The lowest BCUT2D eigenvalue weighted by Crippen LogP contribution is -2.40. The van der Waals surface area contributed by atoms with E-state index < -0.39 is 0 Å². The standard InChI is InChI=1S/C21H22ClN3O3S/c1-13-17-11-18(19(26)24-9-7-15(8-10-24)21(27)28-2)29-20(17)25(23-13)12-14-3-5-16(22)6-4-14/h3-6,11,15H,7-10,12H2,1-2H3. The van der Waals surface area contributed by atoms with E-state index in [4.69, 9.17) is 16.3 Å². The molecule has 1 saturated heterocycles. The quantitative estimate of drug-likeness (QED) is 0.582. The molecule has 1 fully saturated rings. The molecule has 0 N–H and O–H groups in total. The number of ether oxygens (including phenoxy) is 1. The Kier molecular flexibility index (Phi) is 5.61. The van der Waals surface area contributed by atoms with Gasteiger partial charge in [0.25, 0.3) is 5.91 Å². The summed E-state index contributed by atoms with van der Waals surface area (Å²) in [5, 5.41) is 6.35. The van der Waals surface area contributed by atoms with Gasteiger partial charge in [-0.05, 0) is 43.5 Å². The van der Waals surface area contributed by atoms with E-state index in [-0.39, 0.29) is 17.8 Å². The Bertz CT molecular complexity index is 1050. The van der Waals surface area contributed by atoms with Gasteiger partial charge in [-0.25, -0.2) is 0 Å². The molecule has 0 radical (unpaired) electrons. The number of likely N-dealkylation sites (tertiary alicyclic amines) is 1. The number of carbonyl (C=O) groups is 2. The number of hydrogen-bond acceptors (Lipinski definition) is 5. The van der Waals surface area contributed by atoms with Gasteiger partial charge in [0.15, 0.2) is 0 Å². The van der Waals surface area contributed by atoms with Crippen molar-refractivity contribution in [2.45, 2.75) is 26.3 Å². The number of thiophene rings is 1. The summed E-state index contributed by atoms with van der Waals surface area (Å²) >= 11 is 7.44. The molecule has 3 heterocycles. The van der Waals surface area contributed by atoms with Crippen molar-refractivity contribution in [2.75, 3.05) is 20.2 Å². The molecule has 2 aromatic heterocycles. The van der Waals surface area contributed by atoms with Gasteiger partial charge in [-0.15, -0.1) is 11.3 Å². The highest BCUT2D eigenvalue weighted by Gasteiger charge is 2.29. The predicted molar refractivity (Wildman–Crippen MR) is 114 cm³/mol. The van der Waals surface area contributed by atoms with Crippen LogP contribution < -0.4 is 0 Å². The van der Waals surface area contributed by atoms with E-state index >= 15 is 0 Å². The van der Waals surface area contributed by atoms with E-state index in [1.807, 2.05) is 46.8 Å². The Labute approximate surface area is 178 Å². The molecule has 1 amide bonds. The van der Waals surface area contributed by atoms with Crippen LogP contribution in [0.2, 0.25) is 5.02 Å². The highest BCUT2D eigenvalue weighted by Crippen LogP contribution is 2.31. The maximum Gasteiger partial charge on any atom is 0.308 e. The lowest BCUT2D eigenvalue weighted by Gasteiger charge is -2.30. The third kappa shape index (κ3) is 4.02. The van der Waals surface area contributed by atoms with Gasteiger partial charge in [0.1, 0.15) is 4.83 Å². The molecular weight excluding hydrogens is 410 g/mol. The van der Waals surface area contributed by atoms with E-state index in [1.54, 1.807) is 0 Å². The summed E-state index contributed by atoms with van der Waals surface area (Å²) in [4.78, 5) is 28.2. The Morgan fingerprint density at radius 1 is 1.24 bits per heavy atom. The Morgan fingerprint density at radius 2 is 1.93 bits per heavy atom. The summed E-state index contributed by atoms with van der Waals surface area (Å²) in [6, 6.07) is 9.64. The first kappa shape index (κ1) is 19.9. The van der Waals surface area contributed by atoms with Crippen molar-refractivity contribution in [1.29, 1.82) is 0 Å². The molecule has 152 valence electrons. The monoisotopic (exact) mass is 431 g/mol. The molecule has 1 aliphatic rings. The lowest BCUT2D eigenvalue weighted by atomic mass is 9.97. The van der Waals surface area contributed by atoms with Crippen molar-refractivity contribution < 1.29 is 14.3 Å². The molecule has 0 spiro atoms. The molecular formula is C21H22ClN3O3S. The molecule has 0 unspecified atom stereocenters. The minimum Gasteiger partial charge on any atom is -0.469 e. The van der Waals surface area contributed by atoms with Crippen molar-refractivity contribution in [3.63, 3.8) is 0 Å². The van der Waals surface area contributed by atoms with Crippen LogP contribution >= 0.6 is 22.9 Å². The number of fused-ring (bicyclic) bond motifs is 1. The summed E-state index contributed by atoms with van der Waals surface area (Å²) in [6.45, 7) is 3.73. The molecule has 3 aromatic rings. The minimum absolute atomic E-state index is 0.0203. The van der Waals surface area contributed by atoms with E-state index in [1.165, 1.54) is 18.4 Å². The molecule has 8 heteroatoms. The summed E-state index contributed by atoms with van der Waals surface area (Å²) in [5.41, 5.74) is 2.01. The van der Waals surface area contributed by atoms with Crippen LogP contribution in [-0.4, -0.2) is 46.8 Å². The maximum atomic E-state index is 13.0. The summed E-state index contributed by atoms with van der Waals surface area (Å²) in [5.74, 6) is -0.273. The van der Waals surface area contributed by atoms with E-state index in [0.29, 0.717) is 42.4 Å². The van der Waals surface area contributed by atoms with E-state index in [0.717, 1.165) is 21.5 Å². The second kappa shape index (κ2) is 8.16. The average molecular weight is 432 g/mol. The topological polar surface area (TPSA) is 64.4 Å². The molecule has 29 heavy (non-hydrogen) atoms. The van der Waals surface area contributed by atoms with Gasteiger partial charge in [-0.1, -0.05) is 23.7 Å². The summed E-state index contributed by atoms with van der Waals surface area (Å²) in [6.07, 6.45) is 1.29. The van der Waals surface area contributed by atoms with Crippen molar-refractivity contribution in [3.05, 3.63) is 51.5 Å². The number of hydrogen-bond donors (Lipinski definition) is 0. The van der Waals surface area contributed by atoms with Gasteiger partial charge >= 0.3 is 5.97 Å². The van der Waals surface area contributed by atoms with Gasteiger partial charge in [0.05, 0.1) is 30.1 Å². The number of esters is 1. The molecule has 1 aliphatic heterocycles. The van der Waals surface area contributed by atoms with E-state index in [9.17, 15) is 9.59 Å². The normalized spacial score (nSPS) is 15.1. The van der Waals surface area contributed by atoms with Gasteiger partial charge in [-0.2, -0.15) is 5.10 Å². The van der Waals surface area contributed by atoms with Crippen molar-refractivity contribution in [2.24, 2.45) is 5.92 Å². The van der Waals surface area contributed by atoms with Crippen LogP contribution in [0.15, 0.2) is 30.3 Å². The molecule has 0 atom stereocenters. The molecule has 6 nitrogen and oxygen atoms in total. The molecule has 0 bridgehead atoms. The first-order chi connectivity index (χ1) is 14.0. The molecule has 0 aliphatic carbocycles. The maximum absolute atomic E-state index is 13.0. The zero-order chi connectivity index (χ0) is 20.5. The molecule has 0 saturated carbocycles. The zero-order valence-corrected chi connectivity index (χ0v) is 17.9. The number of carbonyl (C=O) groups excluding carboxylic acids is 2. The fourth-order valence-electron chi connectivity index (χ4n) is 3.73. The predicted octanol–water partition coefficient (Wildman–Crippen LogP) is 4.13. The highest BCUT2D eigenvalue weighted by atomic mass is 35.5. The fourth-order valence-corrected chi connectivity index (χ4v) is 4.98. The lowest BCUT2D eigenvalue weighted by molar-refractivity contribution is -0.146. The second-order valence-electron chi connectivity index (χ2n) is 7.29. The Balaban J connectivity index is 1.52. The van der Waals surface area contributed by atoms with Gasteiger partial charge in [0, 0.05) is 23.5 Å². The first-order valence-corrected chi connectivity index (χ1v) is 10.7. The van der Waals surface area contributed by atoms with Gasteiger partial charge < -0.3 is 9.64 Å². The number of amides is 1. The van der Waals surface area contributed by atoms with E-state index in [2.05, 4.69) is 5.10 Å². The number of piperidine rings is 1. The fraction of sp³-hybridized carbons (Fsp3) is 0.381. The minimum atomic E-state index is -0.183. The number of aromatic nitrogens is 2. The van der Waals surface area contributed by atoms with Crippen LogP contribution in [-0.2, 0) is 16.1 Å². The first-order valence-electron chi connectivity index (χ1n) is 9.54. The van der Waals surface area contributed by atoms with Crippen LogP contribution in [0.25, 0.3) is 10.2 Å². The number of aryl methyl sites for hydroxylation is 1. The number of benzene rings is 1. The SMILES string of the molecule is COC(=O)C1CCN(C(=O)c2cc3c(C)nn(Cc4ccc(Cl)cc4)c3s2)CC1. The summed E-state index contributed by atoms with van der Waals surface area (Å²) in [7, 11) is 1.41. The summed E-state index contributed by atoms with van der Waals surface area (Å²) < 4.78 is 6.77. The van der Waals surface area contributed by atoms with Crippen LogP contribution in [0, 0.1) is 12.8 Å². The van der Waals surface area contributed by atoms with Crippen LogP contribution in [0.1, 0.15) is 33.8 Å². The number of rotatable bonds is 4. The van der Waals surface area contributed by atoms with Crippen LogP contribution in [0.3, 0.4) is 0 Å². The largest absolute Gasteiger partial charge is 0.469 e. The van der Waals surface area contributed by atoms with Crippen LogP contribution in [0.4, 0.5) is 0 Å². The Morgan fingerprint density at radius 3 is 2.59 bits per heavy atom. The molecule has 1 aromatic carbocycles. The second-order valence-corrected chi connectivity index (χ2v) is 8.76. The third-order valence-electron chi connectivity index (χ3n) is 5.38.